The predicted molar refractivity (Wildman–Crippen MR) is 54.8 cm³/mol. The molecule has 0 fully saturated rings. The Kier molecular flexibility index (Phi) is 3.31. The van der Waals surface area contributed by atoms with Crippen molar-refractivity contribution in [1.82, 2.24) is 0 Å². The van der Waals surface area contributed by atoms with Crippen LogP contribution < -0.4 is 5.73 Å². The van der Waals surface area contributed by atoms with E-state index >= 15 is 0 Å². The molecule has 0 radical (unpaired) electrons. The van der Waals surface area contributed by atoms with Crippen LogP contribution in [0.5, 0.6) is 0 Å². The van der Waals surface area contributed by atoms with E-state index in [0.29, 0.717) is 5.02 Å². The summed E-state index contributed by atoms with van der Waals surface area (Å²) in [6.45, 7) is 3.61. The first kappa shape index (κ1) is 10.5. The fraction of sp³-hybridized carbons (Fsp3) is 0.400. The lowest BCUT2D eigenvalue weighted by molar-refractivity contribution is 0.164. The van der Waals surface area contributed by atoms with Crippen LogP contribution in [-0.4, -0.2) is 11.2 Å². The van der Waals surface area contributed by atoms with E-state index in [2.05, 4.69) is 0 Å². The Hall–Kier alpha value is -0.570. The highest BCUT2D eigenvalue weighted by atomic mass is 35.5. The molecule has 0 bridgehead atoms. The van der Waals surface area contributed by atoms with Crippen LogP contribution in [-0.2, 0) is 0 Å². The van der Waals surface area contributed by atoms with Crippen molar-refractivity contribution in [2.75, 3.05) is 0 Å². The van der Waals surface area contributed by atoms with E-state index in [1.54, 1.807) is 13.0 Å². The molecule has 72 valence electrons. The highest BCUT2D eigenvalue weighted by molar-refractivity contribution is 6.30. The van der Waals surface area contributed by atoms with E-state index in [-0.39, 0.29) is 6.04 Å². The Labute approximate surface area is 83.3 Å². The Morgan fingerprint density at radius 1 is 1.46 bits per heavy atom. The zero-order chi connectivity index (χ0) is 10.0. The van der Waals surface area contributed by atoms with E-state index in [0.717, 1.165) is 11.1 Å². The van der Waals surface area contributed by atoms with Crippen LogP contribution in [0.4, 0.5) is 0 Å². The first-order valence-electron chi connectivity index (χ1n) is 4.22. The number of aliphatic hydroxyl groups excluding tert-OH is 1. The number of aryl methyl sites for hydroxylation is 1. The van der Waals surface area contributed by atoms with Crippen LogP contribution in [0.3, 0.4) is 0 Å². The molecular formula is C10H14ClNO. The monoisotopic (exact) mass is 199 g/mol. The number of hydrogen-bond donors (Lipinski definition) is 2. The van der Waals surface area contributed by atoms with Gasteiger partial charge in [-0.25, -0.2) is 0 Å². The summed E-state index contributed by atoms with van der Waals surface area (Å²) in [5, 5.41) is 10.0. The minimum absolute atomic E-state index is 0.336. The van der Waals surface area contributed by atoms with E-state index in [9.17, 15) is 5.11 Å². The van der Waals surface area contributed by atoms with Crippen LogP contribution in [0.25, 0.3) is 0 Å². The molecule has 0 aromatic heterocycles. The fourth-order valence-corrected chi connectivity index (χ4v) is 1.50. The molecule has 0 unspecified atom stereocenters. The van der Waals surface area contributed by atoms with Crippen molar-refractivity contribution < 1.29 is 5.11 Å². The summed E-state index contributed by atoms with van der Waals surface area (Å²) < 4.78 is 0. The third kappa shape index (κ3) is 2.44. The van der Waals surface area contributed by atoms with Crippen LogP contribution >= 0.6 is 11.6 Å². The molecule has 1 rings (SSSR count). The van der Waals surface area contributed by atoms with E-state index in [1.807, 2.05) is 19.1 Å². The van der Waals surface area contributed by atoms with Crippen LogP contribution in [0, 0.1) is 6.92 Å². The minimum Gasteiger partial charge on any atom is -0.391 e. The summed E-state index contributed by atoms with van der Waals surface area (Å²) in [7, 11) is 0. The number of halogens is 1. The Morgan fingerprint density at radius 2 is 2.08 bits per heavy atom. The second-order valence-corrected chi connectivity index (χ2v) is 3.70. The molecule has 2 atom stereocenters. The molecule has 0 spiro atoms. The van der Waals surface area contributed by atoms with E-state index < -0.39 is 6.10 Å². The third-order valence-corrected chi connectivity index (χ3v) is 2.35. The van der Waals surface area contributed by atoms with Gasteiger partial charge in [-0.2, -0.15) is 0 Å². The molecule has 0 heterocycles. The lowest BCUT2D eigenvalue weighted by Gasteiger charge is -2.17. The number of nitrogens with two attached hydrogens (primary N) is 1. The first-order valence-corrected chi connectivity index (χ1v) is 4.60. The SMILES string of the molecule is Cc1cc(Cl)ccc1[C@@H](N)[C@H](C)O. The van der Waals surface area contributed by atoms with Crippen molar-refractivity contribution >= 4 is 11.6 Å². The van der Waals surface area contributed by atoms with Crippen LogP contribution in [0.15, 0.2) is 18.2 Å². The topological polar surface area (TPSA) is 46.2 Å². The van der Waals surface area contributed by atoms with Crippen LogP contribution in [0.1, 0.15) is 24.1 Å². The van der Waals surface area contributed by atoms with E-state index in [1.165, 1.54) is 0 Å². The summed E-state index contributed by atoms with van der Waals surface area (Å²) in [6, 6.07) is 5.15. The number of hydrogen-bond acceptors (Lipinski definition) is 2. The van der Waals surface area contributed by atoms with Crippen molar-refractivity contribution in [3.63, 3.8) is 0 Å². The molecule has 0 amide bonds. The van der Waals surface area contributed by atoms with Gasteiger partial charge in [0.05, 0.1) is 12.1 Å². The zero-order valence-corrected chi connectivity index (χ0v) is 8.55. The number of benzene rings is 1. The van der Waals surface area contributed by atoms with Gasteiger partial charge in [-0.15, -0.1) is 0 Å². The average Bonchev–Trinajstić information content (AvgIpc) is 2.03. The zero-order valence-electron chi connectivity index (χ0n) is 7.79. The fourth-order valence-electron chi connectivity index (χ4n) is 1.27. The quantitative estimate of drug-likeness (QED) is 0.766. The molecule has 2 nitrogen and oxygen atoms in total. The first-order chi connectivity index (χ1) is 6.02. The second kappa shape index (κ2) is 4.09. The summed E-state index contributed by atoms with van der Waals surface area (Å²) >= 11 is 5.80. The van der Waals surface area contributed by atoms with Gasteiger partial charge in [0.2, 0.25) is 0 Å². The maximum Gasteiger partial charge on any atom is 0.0704 e. The summed E-state index contributed by atoms with van der Waals surface area (Å²) in [6.07, 6.45) is -0.542. The summed E-state index contributed by atoms with van der Waals surface area (Å²) in [5.74, 6) is 0. The standard InChI is InChI=1S/C10H14ClNO/c1-6-5-8(11)3-4-9(6)10(12)7(2)13/h3-5,7,10,13H,12H2,1-2H3/t7-,10-/m0/s1. The van der Waals surface area contributed by atoms with Crippen molar-refractivity contribution in [3.05, 3.63) is 34.3 Å². The van der Waals surface area contributed by atoms with Gasteiger partial charge >= 0.3 is 0 Å². The van der Waals surface area contributed by atoms with Gasteiger partial charge in [0.15, 0.2) is 0 Å². The predicted octanol–water partition coefficient (Wildman–Crippen LogP) is 2.03. The molecule has 0 saturated heterocycles. The lowest BCUT2D eigenvalue weighted by atomic mass is 9.99. The number of aliphatic hydroxyl groups is 1. The largest absolute Gasteiger partial charge is 0.391 e. The van der Waals surface area contributed by atoms with Gasteiger partial charge in [-0.1, -0.05) is 17.7 Å². The maximum atomic E-state index is 9.31. The van der Waals surface area contributed by atoms with Crippen molar-refractivity contribution in [2.24, 2.45) is 5.73 Å². The molecule has 3 N–H and O–H groups in total. The van der Waals surface area contributed by atoms with Crippen LogP contribution in [0.2, 0.25) is 5.02 Å². The third-order valence-electron chi connectivity index (χ3n) is 2.11. The van der Waals surface area contributed by atoms with Crippen molar-refractivity contribution in [3.8, 4) is 0 Å². The molecule has 0 saturated carbocycles. The van der Waals surface area contributed by atoms with Gasteiger partial charge in [-0.3, -0.25) is 0 Å². The lowest BCUT2D eigenvalue weighted by Crippen LogP contribution is -2.23. The molecule has 0 aliphatic carbocycles. The van der Waals surface area contributed by atoms with Gasteiger partial charge in [0, 0.05) is 5.02 Å². The van der Waals surface area contributed by atoms with Gasteiger partial charge in [0.1, 0.15) is 0 Å². The molecule has 0 aliphatic rings. The Morgan fingerprint density at radius 3 is 2.54 bits per heavy atom. The highest BCUT2D eigenvalue weighted by Gasteiger charge is 2.13. The number of rotatable bonds is 2. The van der Waals surface area contributed by atoms with E-state index in [4.69, 9.17) is 17.3 Å². The molecule has 1 aromatic carbocycles. The maximum absolute atomic E-state index is 9.31. The molecule has 13 heavy (non-hydrogen) atoms. The normalized spacial score (nSPS) is 15.5. The molecule has 0 aliphatic heterocycles. The van der Waals surface area contributed by atoms with Gasteiger partial charge in [-0.05, 0) is 37.1 Å². The van der Waals surface area contributed by atoms with Crippen molar-refractivity contribution in [1.29, 1.82) is 0 Å². The highest BCUT2D eigenvalue weighted by Crippen LogP contribution is 2.21. The summed E-state index contributed by atoms with van der Waals surface area (Å²) in [4.78, 5) is 0. The molecule has 3 heteroatoms. The minimum atomic E-state index is -0.542. The summed E-state index contributed by atoms with van der Waals surface area (Å²) in [5.41, 5.74) is 7.75. The second-order valence-electron chi connectivity index (χ2n) is 3.27. The van der Waals surface area contributed by atoms with Gasteiger partial charge < -0.3 is 10.8 Å². The molecular weight excluding hydrogens is 186 g/mol. The Balaban J connectivity index is 3.01. The average molecular weight is 200 g/mol. The molecule has 1 aromatic rings. The van der Waals surface area contributed by atoms with Crippen molar-refractivity contribution in [2.45, 2.75) is 26.0 Å². The Bertz CT molecular complexity index is 299. The smallest absolute Gasteiger partial charge is 0.0704 e. The van der Waals surface area contributed by atoms with Gasteiger partial charge in [0.25, 0.3) is 0 Å².